The van der Waals surface area contributed by atoms with Crippen molar-refractivity contribution in [1.29, 1.82) is 0 Å². The second-order valence-corrected chi connectivity index (χ2v) is 5.38. The molecule has 0 aromatic carbocycles. The third-order valence-corrected chi connectivity index (χ3v) is 3.36. The maximum Gasteiger partial charge on any atom is 0.0624 e. The first kappa shape index (κ1) is 15.2. The van der Waals surface area contributed by atoms with E-state index >= 15 is 0 Å². The standard InChI is InChI=1S/C15H29N3/c1-6-14-11-15(7-2)18(17-14)13(5)9-8-10-16-12(3)4/h11-13,16H,6-10H2,1-5H3. The van der Waals surface area contributed by atoms with Crippen LogP contribution < -0.4 is 5.32 Å². The summed E-state index contributed by atoms with van der Waals surface area (Å²) in [5.74, 6) is 0. The topological polar surface area (TPSA) is 29.9 Å². The summed E-state index contributed by atoms with van der Waals surface area (Å²) in [6.45, 7) is 12.1. The first-order valence-corrected chi connectivity index (χ1v) is 7.39. The Balaban J connectivity index is 2.49. The summed E-state index contributed by atoms with van der Waals surface area (Å²) in [6.07, 6.45) is 4.50. The number of hydrogen-bond donors (Lipinski definition) is 1. The molecular weight excluding hydrogens is 222 g/mol. The van der Waals surface area contributed by atoms with Crippen LogP contribution in [0.1, 0.15) is 64.9 Å². The van der Waals surface area contributed by atoms with E-state index < -0.39 is 0 Å². The summed E-state index contributed by atoms with van der Waals surface area (Å²) < 4.78 is 2.23. The first-order chi connectivity index (χ1) is 8.58. The van der Waals surface area contributed by atoms with Gasteiger partial charge in [0, 0.05) is 17.8 Å². The van der Waals surface area contributed by atoms with Crippen molar-refractivity contribution in [1.82, 2.24) is 15.1 Å². The van der Waals surface area contributed by atoms with Crippen molar-refractivity contribution >= 4 is 0 Å². The van der Waals surface area contributed by atoms with Crippen LogP contribution in [0.3, 0.4) is 0 Å². The highest BCUT2D eigenvalue weighted by molar-refractivity contribution is 5.11. The summed E-state index contributed by atoms with van der Waals surface area (Å²) in [7, 11) is 0. The molecule has 0 spiro atoms. The van der Waals surface area contributed by atoms with Gasteiger partial charge in [0.25, 0.3) is 0 Å². The second kappa shape index (κ2) is 7.57. The fourth-order valence-electron chi connectivity index (χ4n) is 2.22. The van der Waals surface area contributed by atoms with Gasteiger partial charge in [-0.05, 0) is 45.2 Å². The van der Waals surface area contributed by atoms with Crippen LogP contribution >= 0.6 is 0 Å². The molecule has 0 saturated carbocycles. The first-order valence-electron chi connectivity index (χ1n) is 7.39. The Labute approximate surface area is 112 Å². The van der Waals surface area contributed by atoms with Crippen LogP contribution in [0.25, 0.3) is 0 Å². The maximum absolute atomic E-state index is 4.71. The molecule has 0 aliphatic heterocycles. The molecule has 1 N–H and O–H groups in total. The van der Waals surface area contributed by atoms with Gasteiger partial charge in [-0.25, -0.2) is 0 Å². The van der Waals surface area contributed by atoms with E-state index in [1.165, 1.54) is 24.2 Å². The molecule has 1 aromatic heterocycles. The molecule has 0 bridgehead atoms. The molecule has 104 valence electrons. The highest BCUT2D eigenvalue weighted by atomic mass is 15.3. The average molecular weight is 251 g/mol. The van der Waals surface area contributed by atoms with Crippen molar-refractivity contribution < 1.29 is 0 Å². The number of hydrogen-bond acceptors (Lipinski definition) is 2. The quantitative estimate of drug-likeness (QED) is 0.718. The SMILES string of the molecule is CCc1cc(CC)n(C(C)CCCNC(C)C)n1. The van der Waals surface area contributed by atoms with Crippen LogP contribution in [0.4, 0.5) is 0 Å². The minimum absolute atomic E-state index is 0.509. The van der Waals surface area contributed by atoms with Gasteiger partial charge < -0.3 is 5.32 Å². The van der Waals surface area contributed by atoms with E-state index in [9.17, 15) is 0 Å². The molecule has 1 heterocycles. The molecule has 3 nitrogen and oxygen atoms in total. The maximum atomic E-state index is 4.71. The third kappa shape index (κ3) is 4.45. The van der Waals surface area contributed by atoms with Crippen LogP contribution in [0.2, 0.25) is 0 Å². The van der Waals surface area contributed by atoms with Gasteiger partial charge in [-0.15, -0.1) is 0 Å². The van der Waals surface area contributed by atoms with Crippen molar-refractivity contribution in [3.05, 3.63) is 17.5 Å². The lowest BCUT2D eigenvalue weighted by Crippen LogP contribution is -2.24. The summed E-state index contributed by atoms with van der Waals surface area (Å²) in [5.41, 5.74) is 2.59. The van der Waals surface area contributed by atoms with Crippen LogP contribution in [0.15, 0.2) is 6.07 Å². The Bertz CT molecular complexity index is 342. The van der Waals surface area contributed by atoms with Gasteiger partial charge in [0.05, 0.1) is 5.69 Å². The van der Waals surface area contributed by atoms with Crippen LogP contribution in [-0.2, 0) is 12.8 Å². The van der Waals surface area contributed by atoms with Gasteiger partial charge in [0.15, 0.2) is 0 Å². The minimum atomic E-state index is 0.509. The van der Waals surface area contributed by atoms with Crippen molar-refractivity contribution in [3.8, 4) is 0 Å². The zero-order chi connectivity index (χ0) is 13.5. The number of aryl methyl sites for hydroxylation is 2. The molecule has 0 saturated heterocycles. The lowest BCUT2D eigenvalue weighted by atomic mass is 10.1. The van der Waals surface area contributed by atoms with Gasteiger partial charge >= 0.3 is 0 Å². The van der Waals surface area contributed by atoms with Crippen molar-refractivity contribution in [2.75, 3.05) is 6.54 Å². The average Bonchev–Trinajstić information content (AvgIpc) is 2.77. The summed E-state index contributed by atoms with van der Waals surface area (Å²) in [4.78, 5) is 0. The number of nitrogens with one attached hydrogen (secondary N) is 1. The van der Waals surface area contributed by atoms with E-state index in [1.54, 1.807) is 0 Å². The van der Waals surface area contributed by atoms with E-state index in [0.717, 1.165) is 19.4 Å². The Morgan fingerprint density at radius 2 is 1.94 bits per heavy atom. The minimum Gasteiger partial charge on any atom is -0.315 e. The Kier molecular flexibility index (Phi) is 6.41. The number of nitrogens with zero attached hydrogens (tertiary/aromatic N) is 2. The van der Waals surface area contributed by atoms with Crippen molar-refractivity contribution in [2.45, 2.75) is 72.4 Å². The van der Waals surface area contributed by atoms with Crippen LogP contribution in [0, 0.1) is 0 Å². The molecule has 0 amide bonds. The lowest BCUT2D eigenvalue weighted by Gasteiger charge is -2.16. The molecule has 1 atom stereocenters. The van der Waals surface area contributed by atoms with Crippen LogP contribution in [-0.4, -0.2) is 22.4 Å². The zero-order valence-electron chi connectivity index (χ0n) is 12.7. The monoisotopic (exact) mass is 251 g/mol. The van der Waals surface area contributed by atoms with Crippen LogP contribution in [0.5, 0.6) is 0 Å². The van der Waals surface area contributed by atoms with Crippen molar-refractivity contribution in [3.63, 3.8) is 0 Å². The molecule has 1 rings (SSSR count). The second-order valence-electron chi connectivity index (χ2n) is 5.38. The molecular formula is C15H29N3. The van der Waals surface area contributed by atoms with E-state index in [2.05, 4.69) is 50.7 Å². The van der Waals surface area contributed by atoms with E-state index in [1.807, 2.05) is 0 Å². The molecule has 0 aliphatic rings. The lowest BCUT2D eigenvalue weighted by molar-refractivity contribution is 0.419. The molecule has 1 unspecified atom stereocenters. The fraction of sp³-hybridized carbons (Fsp3) is 0.800. The summed E-state index contributed by atoms with van der Waals surface area (Å²) in [6, 6.07) is 3.35. The zero-order valence-corrected chi connectivity index (χ0v) is 12.7. The highest BCUT2D eigenvalue weighted by Gasteiger charge is 2.11. The van der Waals surface area contributed by atoms with Gasteiger partial charge in [0.2, 0.25) is 0 Å². The van der Waals surface area contributed by atoms with E-state index in [-0.39, 0.29) is 0 Å². The molecule has 1 aromatic rings. The predicted molar refractivity (Wildman–Crippen MR) is 78.1 cm³/mol. The van der Waals surface area contributed by atoms with Gasteiger partial charge in [-0.3, -0.25) is 4.68 Å². The van der Waals surface area contributed by atoms with Gasteiger partial charge in [-0.1, -0.05) is 27.7 Å². The van der Waals surface area contributed by atoms with Crippen molar-refractivity contribution in [2.24, 2.45) is 0 Å². The predicted octanol–water partition coefficient (Wildman–Crippen LogP) is 3.35. The molecule has 0 fully saturated rings. The number of aromatic nitrogens is 2. The summed E-state index contributed by atoms with van der Waals surface area (Å²) >= 11 is 0. The van der Waals surface area contributed by atoms with Gasteiger partial charge in [0.1, 0.15) is 0 Å². The molecule has 3 heteroatoms. The molecule has 0 radical (unpaired) electrons. The molecule has 0 aliphatic carbocycles. The molecule has 18 heavy (non-hydrogen) atoms. The Hall–Kier alpha value is -0.830. The highest BCUT2D eigenvalue weighted by Crippen LogP contribution is 2.17. The van der Waals surface area contributed by atoms with E-state index in [4.69, 9.17) is 5.10 Å². The van der Waals surface area contributed by atoms with E-state index in [0.29, 0.717) is 12.1 Å². The fourth-order valence-corrected chi connectivity index (χ4v) is 2.22. The third-order valence-electron chi connectivity index (χ3n) is 3.36. The smallest absolute Gasteiger partial charge is 0.0624 e. The largest absolute Gasteiger partial charge is 0.315 e. The number of rotatable bonds is 8. The normalized spacial score (nSPS) is 13.2. The Morgan fingerprint density at radius 3 is 2.50 bits per heavy atom. The summed E-state index contributed by atoms with van der Waals surface area (Å²) in [5, 5.41) is 8.18. The van der Waals surface area contributed by atoms with Gasteiger partial charge in [-0.2, -0.15) is 5.10 Å². The Morgan fingerprint density at radius 1 is 1.22 bits per heavy atom.